The molecular weight excluding hydrogens is 270 g/mol. The molecule has 0 aliphatic carbocycles. The highest BCUT2D eigenvalue weighted by atomic mass is 16.5. The summed E-state index contributed by atoms with van der Waals surface area (Å²) < 4.78 is 15.8. The number of methoxy groups -OCH3 is 2. The summed E-state index contributed by atoms with van der Waals surface area (Å²) in [6.45, 7) is 0. The second-order valence-electron chi connectivity index (χ2n) is 4.40. The molecule has 0 fully saturated rings. The van der Waals surface area contributed by atoms with Gasteiger partial charge in [-0.1, -0.05) is 0 Å². The molecule has 0 saturated heterocycles. The molecule has 0 bridgehead atoms. The Labute approximate surface area is 120 Å². The van der Waals surface area contributed by atoms with Gasteiger partial charge in [0.25, 0.3) is 0 Å². The third kappa shape index (κ3) is 2.33. The van der Waals surface area contributed by atoms with E-state index in [1.165, 1.54) is 0 Å². The van der Waals surface area contributed by atoms with Gasteiger partial charge in [-0.25, -0.2) is 4.79 Å². The van der Waals surface area contributed by atoms with E-state index in [1.54, 1.807) is 56.8 Å². The van der Waals surface area contributed by atoms with Crippen LogP contribution >= 0.6 is 0 Å². The quantitative estimate of drug-likeness (QED) is 0.739. The van der Waals surface area contributed by atoms with Gasteiger partial charge in [0.05, 0.1) is 25.1 Å². The lowest BCUT2D eigenvalue weighted by Crippen LogP contribution is -2.01. The van der Waals surface area contributed by atoms with Crippen LogP contribution in [-0.2, 0) is 0 Å². The molecule has 0 unspecified atom stereocenters. The lowest BCUT2D eigenvalue weighted by Gasteiger charge is -2.09. The monoisotopic (exact) mass is 283 g/mol. The average molecular weight is 283 g/mol. The van der Waals surface area contributed by atoms with E-state index >= 15 is 0 Å². The Balaban J connectivity index is 2.18. The average Bonchev–Trinajstić information content (AvgIpc) is 2.54. The van der Waals surface area contributed by atoms with Crippen molar-refractivity contribution in [2.75, 3.05) is 14.2 Å². The van der Waals surface area contributed by atoms with Gasteiger partial charge in [-0.15, -0.1) is 0 Å². The summed E-state index contributed by atoms with van der Waals surface area (Å²) in [5.41, 5.74) is 0.904. The molecule has 0 radical (unpaired) electrons. The summed E-state index contributed by atoms with van der Waals surface area (Å²) in [5.74, 6) is 1.62. The molecule has 3 rings (SSSR count). The van der Waals surface area contributed by atoms with Crippen molar-refractivity contribution in [1.82, 2.24) is 4.98 Å². The Morgan fingerprint density at radius 3 is 2.62 bits per heavy atom. The fourth-order valence-electron chi connectivity index (χ4n) is 2.15. The van der Waals surface area contributed by atoms with Crippen LogP contribution in [0, 0.1) is 0 Å². The van der Waals surface area contributed by atoms with Crippen molar-refractivity contribution in [3.63, 3.8) is 0 Å². The first-order valence-electron chi connectivity index (χ1n) is 6.34. The molecule has 0 saturated carbocycles. The third-order valence-corrected chi connectivity index (χ3v) is 3.20. The zero-order chi connectivity index (χ0) is 14.8. The van der Waals surface area contributed by atoms with Crippen LogP contribution in [0.4, 0.5) is 0 Å². The number of hydrogen-bond donors (Lipinski definition) is 0. The van der Waals surface area contributed by atoms with Crippen molar-refractivity contribution in [1.29, 1.82) is 0 Å². The SMILES string of the molecule is COc1ccc(-c2cc3ncccc3c(=O)o2)cc1OC. The minimum absolute atomic E-state index is 0.412. The van der Waals surface area contributed by atoms with Crippen molar-refractivity contribution in [2.24, 2.45) is 0 Å². The number of fused-ring (bicyclic) bond motifs is 1. The molecule has 21 heavy (non-hydrogen) atoms. The zero-order valence-corrected chi connectivity index (χ0v) is 11.6. The van der Waals surface area contributed by atoms with E-state index in [0.717, 1.165) is 5.56 Å². The molecular formula is C16H13NO4. The largest absolute Gasteiger partial charge is 0.493 e. The van der Waals surface area contributed by atoms with Gasteiger partial charge in [0.15, 0.2) is 11.5 Å². The molecule has 2 aromatic heterocycles. The van der Waals surface area contributed by atoms with Gasteiger partial charge in [0.1, 0.15) is 5.76 Å². The minimum Gasteiger partial charge on any atom is -0.493 e. The van der Waals surface area contributed by atoms with Gasteiger partial charge in [0.2, 0.25) is 0 Å². The Morgan fingerprint density at radius 2 is 1.86 bits per heavy atom. The Kier molecular flexibility index (Phi) is 3.31. The van der Waals surface area contributed by atoms with Crippen molar-refractivity contribution < 1.29 is 13.9 Å². The number of hydrogen-bond acceptors (Lipinski definition) is 5. The van der Waals surface area contributed by atoms with Crippen LogP contribution < -0.4 is 15.1 Å². The molecule has 0 amide bonds. The first kappa shape index (κ1) is 13.2. The van der Waals surface area contributed by atoms with Crippen LogP contribution in [-0.4, -0.2) is 19.2 Å². The molecule has 106 valence electrons. The van der Waals surface area contributed by atoms with Crippen molar-refractivity contribution >= 4 is 10.9 Å². The summed E-state index contributed by atoms with van der Waals surface area (Å²) in [6, 6.07) is 10.4. The first-order chi connectivity index (χ1) is 10.2. The molecule has 0 aliphatic heterocycles. The smallest absolute Gasteiger partial charge is 0.345 e. The molecule has 1 aromatic carbocycles. The second-order valence-corrected chi connectivity index (χ2v) is 4.40. The molecule has 0 spiro atoms. The van der Waals surface area contributed by atoms with E-state index in [0.29, 0.717) is 28.2 Å². The van der Waals surface area contributed by atoms with Crippen LogP contribution in [0.2, 0.25) is 0 Å². The number of rotatable bonds is 3. The van der Waals surface area contributed by atoms with Gasteiger partial charge in [-0.3, -0.25) is 4.98 Å². The lowest BCUT2D eigenvalue weighted by molar-refractivity contribution is 0.355. The number of pyridine rings is 1. The maximum absolute atomic E-state index is 12.0. The van der Waals surface area contributed by atoms with E-state index in [2.05, 4.69) is 4.98 Å². The standard InChI is InChI=1S/C16H13NO4/c1-19-13-6-5-10(8-15(13)20-2)14-9-12-11(16(18)21-14)4-3-7-17-12/h3-9H,1-2H3. The Morgan fingerprint density at radius 1 is 1.05 bits per heavy atom. The maximum atomic E-state index is 12.0. The molecule has 0 N–H and O–H groups in total. The Hall–Kier alpha value is -2.82. The Bertz CT molecular complexity index is 854. The summed E-state index contributed by atoms with van der Waals surface area (Å²) in [6.07, 6.45) is 1.64. The topological polar surface area (TPSA) is 61.6 Å². The van der Waals surface area contributed by atoms with Crippen LogP contribution in [0.1, 0.15) is 0 Å². The predicted octanol–water partition coefficient (Wildman–Crippen LogP) is 2.87. The van der Waals surface area contributed by atoms with Gasteiger partial charge in [-0.05, 0) is 30.3 Å². The summed E-state index contributed by atoms with van der Waals surface area (Å²) >= 11 is 0. The van der Waals surface area contributed by atoms with Crippen molar-refractivity contribution in [3.8, 4) is 22.8 Å². The zero-order valence-electron chi connectivity index (χ0n) is 11.6. The molecule has 5 nitrogen and oxygen atoms in total. The summed E-state index contributed by atoms with van der Waals surface area (Å²) in [7, 11) is 3.12. The van der Waals surface area contributed by atoms with Crippen molar-refractivity contribution in [3.05, 3.63) is 53.0 Å². The van der Waals surface area contributed by atoms with E-state index in [-0.39, 0.29) is 0 Å². The molecule has 0 aliphatic rings. The number of aromatic nitrogens is 1. The highest BCUT2D eigenvalue weighted by Gasteiger charge is 2.10. The summed E-state index contributed by atoms with van der Waals surface area (Å²) in [5, 5.41) is 0.460. The third-order valence-electron chi connectivity index (χ3n) is 3.20. The van der Waals surface area contributed by atoms with Crippen LogP contribution in [0.3, 0.4) is 0 Å². The molecule has 5 heteroatoms. The first-order valence-corrected chi connectivity index (χ1v) is 6.34. The fraction of sp³-hybridized carbons (Fsp3) is 0.125. The van der Waals surface area contributed by atoms with Gasteiger partial charge < -0.3 is 13.9 Å². The van der Waals surface area contributed by atoms with E-state index in [1.807, 2.05) is 0 Å². The van der Waals surface area contributed by atoms with Crippen LogP contribution in [0.25, 0.3) is 22.2 Å². The predicted molar refractivity (Wildman–Crippen MR) is 78.8 cm³/mol. The van der Waals surface area contributed by atoms with Crippen LogP contribution in [0.15, 0.2) is 51.8 Å². The van der Waals surface area contributed by atoms with E-state index in [4.69, 9.17) is 13.9 Å². The van der Waals surface area contributed by atoms with Crippen molar-refractivity contribution in [2.45, 2.75) is 0 Å². The normalized spacial score (nSPS) is 10.6. The summed E-state index contributed by atoms with van der Waals surface area (Å²) in [4.78, 5) is 16.2. The molecule has 2 heterocycles. The minimum atomic E-state index is -0.412. The maximum Gasteiger partial charge on any atom is 0.345 e. The number of ether oxygens (including phenoxy) is 2. The highest BCUT2D eigenvalue weighted by Crippen LogP contribution is 2.32. The van der Waals surface area contributed by atoms with E-state index in [9.17, 15) is 4.79 Å². The van der Waals surface area contributed by atoms with E-state index < -0.39 is 5.63 Å². The fourth-order valence-corrected chi connectivity index (χ4v) is 2.15. The van der Waals surface area contributed by atoms with Crippen LogP contribution in [0.5, 0.6) is 11.5 Å². The van der Waals surface area contributed by atoms with Gasteiger partial charge in [0, 0.05) is 17.8 Å². The lowest BCUT2D eigenvalue weighted by atomic mass is 10.1. The second kappa shape index (κ2) is 5.28. The number of benzene rings is 1. The highest BCUT2D eigenvalue weighted by molar-refractivity contribution is 5.80. The molecule has 0 atom stereocenters. The molecule has 3 aromatic rings. The number of nitrogens with zero attached hydrogens (tertiary/aromatic N) is 1. The van der Waals surface area contributed by atoms with Gasteiger partial charge in [-0.2, -0.15) is 0 Å². The van der Waals surface area contributed by atoms with Gasteiger partial charge >= 0.3 is 5.63 Å².